The molecule has 3 aromatic rings. The summed E-state index contributed by atoms with van der Waals surface area (Å²) >= 11 is 1.76. The molecule has 0 aliphatic heterocycles. The van der Waals surface area contributed by atoms with E-state index >= 15 is 0 Å². The number of thiophene rings is 1. The molecular weight excluding hydrogens is 257 g/mol. The number of fused-ring (bicyclic) bond motifs is 1. The number of nitrogens with one attached hydrogen (secondary N) is 1. The number of benzene rings is 2. The van der Waals surface area contributed by atoms with Crippen molar-refractivity contribution in [2.24, 2.45) is 0 Å². The molecule has 0 amide bonds. The zero-order valence-electron chi connectivity index (χ0n) is 10.6. The van der Waals surface area contributed by atoms with E-state index in [0.717, 1.165) is 17.8 Å². The van der Waals surface area contributed by atoms with E-state index in [4.69, 9.17) is 0 Å². The Morgan fingerprint density at radius 2 is 2.00 bits per heavy atom. The fourth-order valence-electron chi connectivity index (χ4n) is 2.19. The largest absolute Gasteiger partial charge is 0.381 e. The maximum atomic E-state index is 13.0. The van der Waals surface area contributed by atoms with Gasteiger partial charge in [0.15, 0.2) is 0 Å². The van der Waals surface area contributed by atoms with Gasteiger partial charge in [0.1, 0.15) is 5.82 Å². The molecule has 2 aromatic carbocycles. The van der Waals surface area contributed by atoms with Gasteiger partial charge in [-0.25, -0.2) is 4.39 Å². The van der Waals surface area contributed by atoms with Gasteiger partial charge in [-0.1, -0.05) is 18.2 Å². The van der Waals surface area contributed by atoms with E-state index < -0.39 is 0 Å². The molecule has 1 N–H and O–H groups in total. The van der Waals surface area contributed by atoms with Crippen LogP contribution < -0.4 is 5.32 Å². The van der Waals surface area contributed by atoms with Crippen LogP contribution in [0.4, 0.5) is 10.1 Å². The Morgan fingerprint density at radius 1 is 1.16 bits per heavy atom. The first-order valence-electron chi connectivity index (χ1n) is 6.19. The second-order valence-corrected chi connectivity index (χ2v) is 5.48. The molecule has 3 rings (SSSR count). The maximum absolute atomic E-state index is 13.0. The summed E-state index contributed by atoms with van der Waals surface area (Å²) in [6, 6.07) is 13.2. The minimum Gasteiger partial charge on any atom is -0.381 e. The SMILES string of the molecule is Cc1cc(F)ccc1NCc1csc2ccccc12. The Labute approximate surface area is 115 Å². The molecule has 0 spiro atoms. The lowest BCUT2D eigenvalue weighted by atomic mass is 10.1. The van der Waals surface area contributed by atoms with Crippen LogP contribution in [-0.4, -0.2) is 0 Å². The molecule has 96 valence electrons. The van der Waals surface area contributed by atoms with Crippen molar-refractivity contribution < 1.29 is 4.39 Å². The molecule has 1 aromatic heterocycles. The van der Waals surface area contributed by atoms with Gasteiger partial charge in [0, 0.05) is 16.9 Å². The van der Waals surface area contributed by atoms with Crippen molar-refractivity contribution in [2.75, 3.05) is 5.32 Å². The molecule has 0 unspecified atom stereocenters. The molecule has 0 saturated heterocycles. The third kappa shape index (κ3) is 2.47. The van der Waals surface area contributed by atoms with Crippen molar-refractivity contribution >= 4 is 27.1 Å². The Morgan fingerprint density at radius 3 is 2.84 bits per heavy atom. The van der Waals surface area contributed by atoms with Crippen molar-refractivity contribution in [3.05, 3.63) is 64.8 Å². The molecule has 19 heavy (non-hydrogen) atoms. The van der Waals surface area contributed by atoms with Crippen molar-refractivity contribution in [3.63, 3.8) is 0 Å². The molecule has 0 radical (unpaired) electrons. The first kappa shape index (κ1) is 12.2. The molecular formula is C16H14FNS. The fraction of sp³-hybridized carbons (Fsp3) is 0.125. The highest BCUT2D eigenvalue weighted by Gasteiger charge is 2.04. The Kier molecular flexibility index (Phi) is 3.22. The average Bonchev–Trinajstić information content (AvgIpc) is 2.81. The minimum atomic E-state index is -0.191. The number of hydrogen-bond donors (Lipinski definition) is 1. The van der Waals surface area contributed by atoms with E-state index in [1.165, 1.54) is 21.7 Å². The molecule has 0 aliphatic rings. The van der Waals surface area contributed by atoms with Gasteiger partial charge in [0.2, 0.25) is 0 Å². The van der Waals surface area contributed by atoms with E-state index in [2.05, 4.69) is 35.0 Å². The first-order valence-corrected chi connectivity index (χ1v) is 7.07. The van der Waals surface area contributed by atoms with Gasteiger partial charge in [0.25, 0.3) is 0 Å². The highest BCUT2D eigenvalue weighted by atomic mass is 32.1. The number of aryl methyl sites for hydroxylation is 1. The van der Waals surface area contributed by atoms with Crippen LogP contribution in [0.15, 0.2) is 47.8 Å². The normalized spacial score (nSPS) is 10.8. The van der Waals surface area contributed by atoms with Crippen molar-refractivity contribution in [1.82, 2.24) is 0 Å². The zero-order chi connectivity index (χ0) is 13.2. The summed E-state index contributed by atoms with van der Waals surface area (Å²) in [6.07, 6.45) is 0. The van der Waals surface area contributed by atoms with Gasteiger partial charge in [-0.05, 0) is 53.1 Å². The Bertz CT molecular complexity index is 718. The standard InChI is InChI=1S/C16H14FNS/c1-11-8-13(17)6-7-15(11)18-9-12-10-19-16-5-3-2-4-14(12)16/h2-8,10,18H,9H2,1H3. The second kappa shape index (κ2) is 5.02. The number of hydrogen-bond acceptors (Lipinski definition) is 2. The van der Waals surface area contributed by atoms with E-state index in [1.807, 2.05) is 6.92 Å². The summed E-state index contributed by atoms with van der Waals surface area (Å²) < 4.78 is 14.3. The molecule has 0 fully saturated rings. The van der Waals surface area contributed by atoms with Gasteiger partial charge in [-0.15, -0.1) is 11.3 Å². The summed E-state index contributed by atoms with van der Waals surface area (Å²) in [4.78, 5) is 0. The molecule has 0 aliphatic carbocycles. The van der Waals surface area contributed by atoms with Gasteiger partial charge in [0.05, 0.1) is 0 Å². The van der Waals surface area contributed by atoms with Crippen LogP contribution in [0.2, 0.25) is 0 Å². The molecule has 0 saturated carbocycles. The van der Waals surface area contributed by atoms with Gasteiger partial charge in [-0.3, -0.25) is 0 Å². The second-order valence-electron chi connectivity index (χ2n) is 4.57. The summed E-state index contributed by atoms with van der Waals surface area (Å²) in [5, 5.41) is 6.84. The molecule has 3 heteroatoms. The van der Waals surface area contributed by atoms with E-state index in [0.29, 0.717) is 0 Å². The summed E-state index contributed by atoms with van der Waals surface area (Å²) in [5.41, 5.74) is 3.19. The fourth-order valence-corrected chi connectivity index (χ4v) is 3.15. The van der Waals surface area contributed by atoms with Crippen molar-refractivity contribution in [1.29, 1.82) is 0 Å². The smallest absolute Gasteiger partial charge is 0.123 e. The molecule has 0 bridgehead atoms. The summed E-state index contributed by atoms with van der Waals surface area (Å²) in [5.74, 6) is -0.191. The summed E-state index contributed by atoms with van der Waals surface area (Å²) in [7, 11) is 0. The summed E-state index contributed by atoms with van der Waals surface area (Å²) in [6.45, 7) is 2.67. The highest BCUT2D eigenvalue weighted by molar-refractivity contribution is 7.17. The third-order valence-electron chi connectivity index (χ3n) is 3.22. The first-order chi connectivity index (χ1) is 9.24. The van der Waals surface area contributed by atoms with Crippen LogP contribution >= 0.6 is 11.3 Å². The Balaban J connectivity index is 1.82. The monoisotopic (exact) mass is 271 g/mol. The van der Waals surface area contributed by atoms with Crippen LogP contribution in [0, 0.1) is 12.7 Å². The highest BCUT2D eigenvalue weighted by Crippen LogP contribution is 2.26. The van der Waals surface area contributed by atoms with Gasteiger partial charge in [-0.2, -0.15) is 0 Å². The number of halogens is 1. The molecule has 0 atom stereocenters. The maximum Gasteiger partial charge on any atom is 0.123 e. The van der Waals surface area contributed by atoms with Crippen molar-refractivity contribution in [3.8, 4) is 0 Å². The lowest BCUT2D eigenvalue weighted by molar-refractivity contribution is 0.627. The molecule has 1 nitrogen and oxygen atoms in total. The average molecular weight is 271 g/mol. The van der Waals surface area contributed by atoms with Crippen LogP contribution in [0.1, 0.15) is 11.1 Å². The van der Waals surface area contributed by atoms with Crippen LogP contribution in [-0.2, 0) is 6.54 Å². The lowest BCUT2D eigenvalue weighted by Crippen LogP contribution is -2.00. The number of rotatable bonds is 3. The van der Waals surface area contributed by atoms with Crippen molar-refractivity contribution in [2.45, 2.75) is 13.5 Å². The number of anilines is 1. The Hall–Kier alpha value is -1.87. The minimum absolute atomic E-state index is 0.191. The van der Waals surface area contributed by atoms with Gasteiger partial charge < -0.3 is 5.32 Å². The quantitative estimate of drug-likeness (QED) is 0.710. The third-order valence-corrected chi connectivity index (χ3v) is 4.23. The predicted octanol–water partition coefficient (Wildman–Crippen LogP) is 4.96. The van der Waals surface area contributed by atoms with Gasteiger partial charge >= 0.3 is 0 Å². The predicted molar refractivity (Wildman–Crippen MR) is 80.3 cm³/mol. The van der Waals surface area contributed by atoms with E-state index in [-0.39, 0.29) is 5.82 Å². The van der Waals surface area contributed by atoms with E-state index in [9.17, 15) is 4.39 Å². The lowest BCUT2D eigenvalue weighted by Gasteiger charge is -2.09. The van der Waals surface area contributed by atoms with Crippen LogP contribution in [0.3, 0.4) is 0 Å². The van der Waals surface area contributed by atoms with Crippen LogP contribution in [0.25, 0.3) is 10.1 Å². The van der Waals surface area contributed by atoms with E-state index in [1.54, 1.807) is 23.5 Å². The molecule has 1 heterocycles. The zero-order valence-corrected chi connectivity index (χ0v) is 11.4. The van der Waals surface area contributed by atoms with Crippen LogP contribution in [0.5, 0.6) is 0 Å². The topological polar surface area (TPSA) is 12.0 Å².